The molecular weight excluding hydrogens is 152 g/mol. The molecule has 0 aromatic carbocycles. The predicted molar refractivity (Wildman–Crippen MR) is 50.6 cm³/mol. The number of carbonyl (C=O) groups excluding carboxylic acids is 1. The third-order valence-electron chi connectivity index (χ3n) is 2.10. The fourth-order valence-electron chi connectivity index (χ4n) is 1.07. The Morgan fingerprint density at radius 1 is 1.42 bits per heavy atom. The van der Waals surface area contributed by atoms with E-state index in [9.17, 15) is 4.79 Å². The van der Waals surface area contributed by atoms with Gasteiger partial charge < -0.3 is 0 Å². The second-order valence-corrected chi connectivity index (χ2v) is 3.53. The van der Waals surface area contributed by atoms with Gasteiger partial charge in [-0.2, -0.15) is 0 Å². The van der Waals surface area contributed by atoms with Crippen LogP contribution in [0.1, 0.15) is 41.0 Å². The van der Waals surface area contributed by atoms with Crippen molar-refractivity contribution in [1.29, 1.82) is 0 Å². The van der Waals surface area contributed by atoms with Gasteiger partial charge in [0.05, 0.1) is 5.54 Å². The van der Waals surface area contributed by atoms with Crippen LogP contribution in [0.4, 0.5) is 0 Å². The molecule has 0 aromatic heterocycles. The topological polar surface area (TPSA) is 32.3 Å². The number of amides is 1. The largest absolute Gasteiger partial charge is 0.274 e. The van der Waals surface area contributed by atoms with Crippen molar-refractivity contribution in [1.82, 2.24) is 10.4 Å². The zero-order chi connectivity index (χ0) is 9.78. The molecule has 0 aliphatic heterocycles. The Morgan fingerprint density at radius 2 is 1.92 bits per heavy atom. The van der Waals surface area contributed by atoms with E-state index in [4.69, 9.17) is 0 Å². The van der Waals surface area contributed by atoms with Gasteiger partial charge in [-0.05, 0) is 20.3 Å². The van der Waals surface area contributed by atoms with Crippen molar-refractivity contribution in [2.75, 3.05) is 6.54 Å². The first-order valence-electron chi connectivity index (χ1n) is 4.50. The maximum absolute atomic E-state index is 11.2. The molecule has 72 valence electrons. The summed E-state index contributed by atoms with van der Waals surface area (Å²) in [5.74, 6) is 0.0729. The zero-order valence-electron chi connectivity index (χ0n) is 8.77. The molecule has 0 saturated carbocycles. The standard InChI is InChI=1S/C9H20N2O/c1-6-9(4,5)11(8(3)12)10-7-2/h10H,6-7H2,1-5H3. The van der Waals surface area contributed by atoms with E-state index < -0.39 is 0 Å². The van der Waals surface area contributed by atoms with Crippen LogP contribution in [0, 0.1) is 0 Å². The van der Waals surface area contributed by atoms with Crippen LogP contribution in [-0.4, -0.2) is 23.0 Å². The fraction of sp³-hybridized carbons (Fsp3) is 0.889. The quantitative estimate of drug-likeness (QED) is 0.652. The van der Waals surface area contributed by atoms with Gasteiger partial charge in [0.25, 0.3) is 0 Å². The number of hydrogen-bond acceptors (Lipinski definition) is 2. The van der Waals surface area contributed by atoms with Gasteiger partial charge in [0.15, 0.2) is 0 Å². The van der Waals surface area contributed by atoms with Crippen molar-refractivity contribution in [3.05, 3.63) is 0 Å². The second-order valence-electron chi connectivity index (χ2n) is 3.53. The number of rotatable bonds is 4. The molecule has 1 amide bonds. The minimum atomic E-state index is -0.0954. The van der Waals surface area contributed by atoms with E-state index in [0.29, 0.717) is 0 Å². The van der Waals surface area contributed by atoms with E-state index >= 15 is 0 Å². The molecule has 3 heteroatoms. The lowest BCUT2D eigenvalue weighted by Crippen LogP contribution is -2.54. The van der Waals surface area contributed by atoms with Crippen molar-refractivity contribution < 1.29 is 4.79 Å². The Hall–Kier alpha value is -0.570. The van der Waals surface area contributed by atoms with Crippen molar-refractivity contribution in [3.8, 4) is 0 Å². The highest BCUT2D eigenvalue weighted by Gasteiger charge is 2.26. The Morgan fingerprint density at radius 3 is 2.17 bits per heavy atom. The lowest BCUT2D eigenvalue weighted by molar-refractivity contribution is -0.138. The molecule has 0 spiro atoms. The molecule has 0 radical (unpaired) electrons. The lowest BCUT2D eigenvalue weighted by atomic mass is 10.0. The van der Waals surface area contributed by atoms with Crippen LogP contribution < -0.4 is 5.43 Å². The van der Waals surface area contributed by atoms with Crippen LogP contribution in [0.15, 0.2) is 0 Å². The van der Waals surface area contributed by atoms with Crippen molar-refractivity contribution in [2.45, 2.75) is 46.6 Å². The van der Waals surface area contributed by atoms with E-state index in [1.165, 1.54) is 0 Å². The molecular formula is C9H20N2O. The lowest BCUT2D eigenvalue weighted by Gasteiger charge is -2.37. The van der Waals surface area contributed by atoms with Crippen LogP contribution in [-0.2, 0) is 4.79 Å². The van der Waals surface area contributed by atoms with E-state index in [1.54, 1.807) is 11.9 Å². The third kappa shape index (κ3) is 2.81. The van der Waals surface area contributed by atoms with Gasteiger partial charge in [-0.15, -0.1) is 0 Å². The smallest absolute Gasteiger partial charge is 0.234 e. The number of nitrogens with one attached hydrogen (secondary N) is 1. The molecule has 0 aromatic rings. The molecule has 12 heavy (non-hydrogen) atoms. The summed E-state index contributed by atoms with van der Waals surface area (Å²) in [5.41, 5.74) is 2.96. The summed E-state index contributed by atoms with van der Waals surface area (Å²) in [4.78, 5) is 11.2. The van der Waals surface area contributed by atoms with Crippen LogP contribution >= 0.6 is 0 Å². The zero-order valence-corrected chi connectivity index (χ0v) is 8.77. The third-order valence-corrected chi connectivity index (χ3v) is 2.10. The molecule has 0 atom stereocenters. The molecule has 0 rings (SSSR count). The van der Waals surface area contributed by atoms with Crippen LogP contribution in [0.3, 0.4) is 0 Å². The summed E-state index contributed by atoms with van der Waals surface area (Å²) >= 11 is 0. The highest BCUT2D eigenvalue weighted by Crippen LogP contribution is 2.15. The highest BCUT2D eigenvalue weighted by atomic mass is 16.2. The van der Waals surface area contributed by atoms with Crippen molar-refractivity contribution in [2.24, 2.45) is 0 Å². The first-order chi connectivity index (χ1) is 5.45. The minimum Gasteiger partial charge on any atom is -0.274 e. The SMILES string of the molecule is CCNN(C(C)=O)C(C)(C)CC. The summed E-state index contributed by atoms with van der Waals surface area (Å²) in [6, 6.07) is 0. The van der Waals surface area contributed by atoms with Gasteiger partial charge in [0, 0.05) is 13.5 Å². The van der Waals surface area contributed by atoms with Crippen LogP contribution in [0.5, 0.6) is 0 Å². The van der Waals surface area contributed by atoms with Gasteiger partial charge in [0.2, 0.25) is 5.91 Å². The highest BCUT2D eigenvalue weighted by molar-refractivity contribution is 5.73. The van der Waals surface area contributed by atoms with Crippen LogP contribution in [0.25, 0.3) is 0 Å². The van der Waals surface area contributed by atoms with Gasteiger partial charge in [-0.1, -0.05) is 13.8 Å². The van der Waals surface area contributed by atoms with Crippen molar-refractivity contribution >= 4 is 5.91 Å². The molecule has 0 unspecified atom stereocenters. The Balaban J connectivity index is 4.38. The van der Waals surface area contributed by atoms with Gasteiger partial charge in [0.1, 0.15) is 0 Å². The van der Waals surface area contributed by atoms with E-state index in [0.717, 1.165) is 13.0 Å². The second kappa shape index (κ2) is 4.45. The number of nitrogens with zero attached hydrogens (tertiary/aromatic N) is 1. The first-order valence-corrected chi connectivity index (χ1v) is 4.50. The molecule has 0 heterocycles. The summed E-state index contributed by atoms with van der Waals surface area (Å²) in [7, 11) is 0. The van der Waals surface area contributed by atoms with E-state index in [1.807, 2.05) is 6.92 Å². The molecule has 0 saturated heterocycles. The maximum Gasteiger partial charge on any atom is 0.234 e. The molecule has 3 nitrogen and oxygen atoms in total. The molecule has 0 fully saturated rings. The molecule has 0 aliphatic carbocycles. The fourth-order valence-corrected chi connectivity index (χ4v) is 1.07. The van der Waals surface area contributed by atoms with Gasteiger partial charge in [-0.3, -0.25) is 9.80 Å². The van der Waals surface area contributed by atoms with E-state index in [2.05, 4.69) is 26.2 Å². The first kappa shape index (κ1) is 11.4. The minimum absolute atomic E-state index is 0.0729. The summed E-state index contributed by atoms with van der Waals surface area (Å²) in [6.45, 7) is 10.5. The number of hydrogen-bond donors (Lipinski definition) is 1. The average molecular weight is 172 g/mol. The van der Waals surface area contributed by atoms with Gasteiger partial charge >= 0.3 is 0 Å². The normalized spacial score (nSPS) is 11.4. The van der Waals surface area contributed by atoms with Crippen LogP contribution in [0.2, 0.25) is 0 Å². The summed E-state index contributed by atoms with van der Waals surface area (Å²) < 4.78 is 0. The Labute approximate surface area is 75.1 Å². The van der Waals surface area contributed by atoms with E-state index in [-0.39, 0.29) is 11.4 Å². The maximum atomic E-state index is 11.2. The predicted octanol–water partition coefficient (Wildman–Crippen LogP) is 1.55. The number of carbonyl (C=O) groups is 1. The van der Waals surface area contributed by atoms with Gasteiger partial charge in [-0.25, -0.2) is 5.43 Å². The average Bonchev–Trinajstić information content (AvgIpc) is 1.99. The summed E-state index contributed by atoms with van der Waals surface area (Å²) in [5, 5.41) is 1.70. The van der Waals surface area contributed by atoms with Crippen molar-refractivity contribution in [3.63, 3.8) is 0 Å². The molecule has 1 N–H and O–H groups in total. The summed E-state index contributed by atoms with van der Waals surface area (Å²) in [6.07, 6.45) is 0.944. The monoisotopic (exact) mass is 172 g/mol. The molecule has 0 bridgehead atoms. The molecule has 0 aliphatic rings. The Bertz CT molecular complexity index is 155. The number of hydrazine groups is 1. The Kier molecular flexibility index (Phi) is 4.24.